The summed E-state index contributed by atoms with van der Waals surface area (Å²) in [5, 5.41) is 4.08. The minimum absolute atomic E-state index is 0.0650. The second-order valence-corrected chi connectivity index (χ2v) is 9.33. The number of amides is 1. The predicted octanol–water partition coefficient (Wildman–Crippen LogP) is 5.10. The average Bonchev–Trinajstić information content (AvgIpc) is 2.93. The Balaban J connectivity index is 1.50. The largest absolute Gasteiger partial charge is 0.491 e. The number of nitrogens with zero attached hydrogens (tertiary/aromatic N) is 3. The molecule has 4 rings (SSSR count). The van der Waals surface area contributed by atoms with E-state index in [9.17, 15) is 4.79 Å². The first-order valence-electron chi connectivity index (χ1n) is 11.1. The van der Waals surface area contributed by atoms with Crippen LogP contribution < -0.4 is 15.0 Å². The predicted molar refractivity (Wildman–Crippen MR) is 126 cm³/mol. The van der Waals surface area contributed by atoms with Gasteiger partial charge in [0.25, 0.3) is 5.91 Å². The van der Waals surface area contributed by atoms with Crippen LogP contribution >= 0.6 is 11.3 Å². The molecule has 31 heavy (non-hydrogen) atoms. The third-order valence-electron chi connectivity index (χ3n) is 5.57. The molecule has 2 aromatic heterocycles. The number of benzene rings is 1. The molecule has 3 heterocycles. The zero-order chi connectivity index (χ0) is 21.8. The number of rotatable bonds is 6. The molecule has 164 valence electrons. The lowest BCUT2D eigenvalue weighted by atomic mass is 10.1. The highest BCUT2D eigenvalue weighted by Crippen LogP contribution is 2.35. The Morgan fingerprint density at radius 3 is 2.52 bits per heavy atom. The summed E-state index contributed by atoms with van der Waals surface area (Å²) in [5.74, 6) is 1.75. The number of thiophene rings is 1. The minimum atomic E-state index is -0.0650. The van der Waals surface area contributed by atoms with Crippen LogP contribution in [0.25, 0.3) is 10.2 Å². The number of carbonyl (C=O) groups is 1. The van der Waals surface area contributed by atoms with Crippen molar-refractivity contribution in [3.63, 3.8) is 0 Å². The fourth-order valence-corrected chi connectivity index (χ4v) is 5.07. The van der Waals surface area contributed by atoms with Crippen molar-refractivity contribution in [3.8, 4) is 5.75 Å². The van der Waals surface area contributed by atoms with Gasteiger partial charge in [0.05, 0.1) is 16.4 Å². The number of aromatic nitrogens is 2. The number of fused-ring (bicyclic) bond motifs is 1. The van der Waals surface area contributed by atoms with Gasteiger partial charge in [0.1, 0.15) is 22.7 Å². The molecule has 0 aliphatic carbocycles. The maximum Gasteiger partial charge on any atom is 0.261 e. The van der Waals surface area contributed by atoms with Crippen LogP contribution in [0.1, 0.15) is 60.3 Å². The fraction of sp³-hybridized carbons (Fsp3) is 0.458. The third kappa shape index (κ3) is 4.98. The fourth-order valence-electron chi connectivity index (χ4n) is 4.01. The van der Waals surface area contributed by atoms with Crippen molar-refractivity contribution < 1.29 is 9.53 Å². The Morgan fingerprint density at radius 2 is 1.84 bits per heavy atom. The highest BCUT2D eigenvalue weighted by Gasteiger charge is 2.22. The van der Waals surface area contributed by atoms with Crippen LogP contribution in [-0.2, 0) is 6.54 Å². The van der Waals surface area contributed by atoms with Crippen LogP contribution in [0.4, 0.5) is 5.82 Å². The van der Waals surface area contributed by atoms with Gasteiger partial charge in [-0.15, -0.1) is 11.3 Å². The molecular formula is C24H30N4O2S. The van der Waals surface area contributed by atoms with Gasteiger partial charge in [-0.05, 0) is 56.9 Å². The minimum Gasteiger partial charge on any atom is -0.491 e. The molecule has 1 aliphatic heterocycles. The summed E-state index contributed by atoms with van der Waals surface area (Å²) in [6.45, 7) is 8.52. The van der Waals surface area contributed by atoms with E-state index in [-0.39, 0.29) is 12.0 Å². The van der Waals surface area contributed by atoms with Crippen molar-refractivity contribution in [2.24, 2.45) is 0 Å². The van der Waals surface area contributed by atoms with E-state index in [4.69, 9.17) is 4.74 Å². The standard InChI is InChI=1S/C24H30N4O2S/c1-16(2)30-19-10-8-18(9-11-19)14-25-23(29)21-17(3)20-22(26-15-27-24(20)31-21)28-12-6-4-5-7-13-28/h8-11,15-16H,4-7,12-14H2,1-3H3,(H,25,29). The molecular weight excluding hydrogens is 408 g/mol. The molecule has 1 saturated heterocycles. The van der Waals surface area contributed by atoms with E-state index >= 15 is 0 Å². The Hall–Kier alpha value is -2.67. The lowest BCUT2D eigenvalue weighted by Crippen LogP contribution is -2.25. The topological polar surface area (TPSA) is 67.3 Å². The molecule has 0 unspecified atom stereocenters. The molecule has 3 aromatic rings. The van der Waals surface area contributed by atoms with Gasteiger partial charge in [-0.2, -0.15) is 0 Å². The quantitative estimate of drug-likeness (QED) is 0.580. The highest BCUT2D eigenvalue weighted by molar-refractivity contribution is 7.20. The second kappa shape index (κ2) is 9.64. The summed E-state index contributed by atoms with van der Waals surface area (Å²) in [6, 6.07) is 7.85. The van der Waals surface area contributed by atoms with E-state index in [0.717, 1.165) is 46.0 Å². The number of hydrogen-bond donors (Lipinski definition) is 1. The highest BCUT2D eigenvalue weighted by atomic mass is 32.1. The number of aryl methyl sites for hydroxylation is 1. The van der Waals surface area contributed by atoms with Crippen molar-refractivity contribution in [3.05, 3.63) is 46.6 Å². The summed E-state index contributed by atoms with van der Waals surface area (Å²) < 4.78 is 5.68. The first-order valence-corrected chi connectivity index (χ1v) is 11.9. The number of hydrogen-bond acceptors (Lipinski definition) is 6. The molecule has 7 heteroatoms. The van der Waals surface area contributed by atoms with Gasteiger partial charge in [-0.25, -0.2) is 9.97 Å². The average molecular weight is 439 g/mol. The van der Waals surface area contributed by atoms with Crippen molar-refractivity contribution in [2.45, 2.75) is 59.1 Å². The van der Waals surface area contributed by atoms with Crippen LogP contribution in [0.15, 0.2) is 30.6 Å². The second-order valence-electron chi connectivity index (χ2n) is 8.33. The van der Waals surface area contributed by atoms with Crippen molar-refractivity contribution in [1.82, 2.24) is 15.3 Å². The number of nitrogens with one attached hydrogen (secondary N) is 1. The smallest absolute Gasteiger partial charge is 0.261 e. The van der Waals surface area contributed by atoms with E-state index in [1.54, 1.807) is 6.33 Å². The summed E-state index contributed by atoms with van der Waals surface area (Å²) in [7, 11) is 0. The maximum atomic E-state index is 13.0. The van der Waals surface area contributed by atoms with Crippen molar-refractivity contribution in [1.29, 1.82) is 0 Å². The molecule has 1 aliphatic rings. The number of ether oxygens (including phenoxy) is 1. The van der Waals surface area contributed by atoms with E-state index < -0.39 is 0 Å². The van der Waals surface area contributed by atoms with E-state index in [2.05, 4.69) is 20.2 Å². The lowest BCUT2D eigenvalue weighted by Gasteiger charge is -2.22. The van der Waals surface area contributed by atoms with Gasteiger partial charge in [0.2, 0.25) is 0 Å². The van der Waals surface area contributed by atoms with Crippen molar-refractivity contribution in [2.75, 3.05) is 18.0 Å². The molecule has 6 nitrogen and oxygen atoms in total. The summed E-state index contributed by atoms with van der Waals surface area (Å²) in [4.78, 5) is 26.0. The van der Waals surface area contributed by atoms with Gasteiger partial charge in [-0.3, -0.25) is 4.79 Å². The van der Waals surface area contributed by atoms with Gasteiger partial charge < -0.3 is 15.0 Å². The van der Waals surface area contributed by atoms with Crippen LogP contribution in [0.5, 0.6) is 5.75 Å². The van der Waals surface area contributed by atoms with E-state index in [1.807, 2.05) is 45.0 Å². The molecule has 1 N–H and O–H groups in total. The summed E-state index contributed by atoms with van der Waals surface area (Å²) in [6.07, 6.45) is 6.67. The van der Waals surface area contributed by atoms with Crippen LogP contribution in [-0.4, -0.2) is 35.1 Å². The zero-order valence-corrected chi connectivity index (χ0v) is 19.3. The molecule has 0 radical (unpaired) electrons. The van der Waals surface area contributed by atoms with Crippen LogP contribution in [0, 0.1) is 6.92 Å². The van der Waals surface area contributed by atoms with Crippen LogP contribution in [0.2, 0.25) is 0 Å². The Morgan fingerprint density at radius 1 is 1.13 bits per heavy atom. The molecule has 1 amide bonds. The SMILES string of the molecule is Cc1c(C(=O)NCc2ccc(OC(C)C)cc2)sc2ncnc(N3CCCCCC3)c12. The van der Waals surface area contributed by atoms with Gasteiger partial charge >= 0.3 is 0 Å². The molecule has 1 aromatic carbocycles. The number of anilines is 1. The lowest BCUT2D eigenvalue weighted by molar-refractivity contribution is 0.0954. The van der Waals surface area contributed by atoms with Crippen LogP contribution in [0.3, 0.4) is 0 Å². The normalized spacial score (nSPS) is 14.6. The first-order chi connectivity index (χ1) is 15.0. The Kier molecular flexibility index (Phi) is 6.70. The summed E-state index contributed by atoms with van der Waals surface area (Å²) >= 11 is 1.45. The molecule has 1 fully saturated rings. The number of carbonyl (C=O) groups excluding carboxylic acids is 1. The zero-order valence-electron chi connectivity index (χ0n) is 18.5. The Labute approximate surface area is 187 Å². The van der Waals surface area contributed by atoms with Gasteiger partial charge in [-0.1, -0.05) is 25.0 Å². The van der Waals surface area contributed by atoms with Crippen molar-refractivity contribution >= 4 is 33.3 Å². The molecule has 0 spiro atoms. The van der Waals surface area contributed by atoms with E-state index in [1.165, 1.54) is 37.0 Å². The third-order valence-corrected chi connectivity index (χ3v) is 6.77. The molecule has 0 saturated carbocycles. The summed E-state index contributed by atoms with van der Waals surface area (Å²) in [5.41, 5.74) is 2.01. The first kappa shape index (κ1) is 21.6. The van der Waals surface area contributed by atoms with Gasteiger partial charge in [0.15, 0.2) is 0 Å². The van der Waals surface area contributed by atoms with Gasteiger partial charge in [0, 0.05) is 19.6 Å². The van der Waals surface area contributed by atoms with E-state index in [0.29, 0.717) is 11.4 Å². The Bertz CT molecular complexity index is 1040. The maximum absolute atomic E-state index is 13.0. The molecule has 0 atom stereocenters. The monoisotopic (exact) mass is 438 g/mol. The molecule has 0 bridgehead atoms.